The van der Waals surface area contributed by atoms with Crippen molar-refractivity contribution in [2.45, 2.75) is 12.5 Å². The molecule has 2 aliphatic rings. The number of nitrogens with zero attached hydrogens (tertiary/aromatic N) is 8. The molecule has 1 fully saturated rings. The first-order valence-corrected chi connectivity index (χ1v) is 9.40. The Balaban J connectivity index is 1.42. The summed E-state index contributed by atoms with van der Waals surface area (Å²) in [5.74, 6) is -0.199. The molecule has 11 heteroatoms. The van der Waals surface area contributed by atoms with E-state index in [1.807, 2.05) is 4.90 Å². The van der Waals surface area contributed by atoms with Gasteiger partial charge in [0.25, 0.3) is 5.91 Å². The summed E-state index contributed by atoms with van der Waals surface area (Å²) in [5, 5.41) is 14.8. The first kappa shape index (κ1) is 19.3. The minimum Gasteiger partial charge on any atom is -0.364 e. The first-order chi connectivity index (χ1) is 14.6. The van der Waals surface area contributed by atoms with E-state index >= 15 is 0 Å². The van der Waals surface area contributed by atoms with Gasteiger partial charge in [-0.25, -0.2) is 19.8 Å². The maximum Gasteiger partial charge on any atom is 0.341 e. The standard InChI is InChI=1S/C19H19N9O2/c20-10-13-9-14(12-22-11-13)16-2-4-24-28(16)19(30)27-7-5-26(6-8-27)18-23-3-1-15(25-18)17(21)29/h1,3-4,9,11-12,16H,2,5-8H2,(H2,21,29)/t16-/m0/s1. The normalized spacial score (nSPS) is 18.4. The SMILES string of the molecule is N#Cc1cncc([C@@H]2CC=NN2C(=O)N2CCN(c3nccc(C(N)=O)n3)CC2)c1. The number of urea groups is 1. The van der Waals surface area contributed by atoms with Gasteiger partial charge in [-0.05, 0) is 17.7 Å². The number of piperazine rings is 1. The summed E-state index contributed by atoms with van der Waals surface area (Å²) in [7, 11) is 0. The lowest BCUT2D eigenvalue weighted by Crippen LogP contribution is -2.52. The van der Waals surface area contributed by atoms with E-state index < -0.39 is 5.91 Å². The van der Waals surface area contributed by atoms with Gasteiger partial charge in [0.1, 0.15) is 11.8 Å². The summed E-state index contributed by atoms with van der Waals surface area (Å²) in [6.45, 7) is 1.94. The number of anilines is 1. The highest BCUT2D eigenvalue weighted by Gasteiger charge is 2.33. The van der Waals surface area contributed by atoms with Gasteiger partial charge < -0.3 is 15.5 Å². The van der Waals surface area contributed by atoms with Crippen molar-refractivity contribution in [1.82, 2.24) is 24.9 Å². The van der Waals surface area contributed by atoms with E-state index in [0.717, 1.165) is 5.56 Å². The van der Waals surface area contributed by atoms with Gasteiger partial charge in [0.2, 0.25) is 5.95 Å². The topological polar surface area (TPSA) is 145 Å². The van der Waals surface area contributed by atoms with E-state index in [1.165, 1.54) is 23.5 Å². The molecule has 3 amide bonds. The number of hydrogen-bond acceptors (Lipinski definition) is 8. The Morgan fingerprint density at radius 2 is 2.00 bits per heavy atom. The first-order valence-electron chi connectivity index (χ1n) is 9.40. The number of carbonyl (C=O) groups excluding carboxylic acids is 2. The van der Waals surface area contributed by atoms with Crippen molar-refractivity contribution in [2.24, 2.45) is 10.8 Å². The van der Waals surface area contributed by atoms with Crippen molar-refractivity contribution < 1.29 is 9.59 Å². The molecule has 0 aromatic carbocycles. The number of pyridine rings is 1. The highest BCUT2D eigenvalue weighted by atomic mass is 16.2. The van der Waals surface area contributed by atoms with Crippen LogP contribution in [-0.4, -0.2) is 69.2 Å². The van der Waals surface area contributed by atoms with Gasteiger partial charge >= 0.3 is 6.03 Å². The monoisotopic (exact) mass is 405 g/mol. The fraction of sp³-hybridized carbons (Fsp3) is 0.316. The highest BCUT2D eigenvalue weighted by Crippen LogP contribution is 2.29. The summed E-state index contributed by atoms with van der Waals surface area (Å²) in [4.78, 5) is 40.5. The molecule has 11 nitrogen and oxygen atoms in total. The van der Waals surface area contributed by atoms with Gasteiger partial charge in [-0.2, -0.15) is 10.4 Å². The summed E-state index contributed by atoms with van der Waals surface area (Å²) in [5.41, 5.74) is 6.65. The van der Waals surface area contributed by atoms with Crippen LogP contribution in [0, 0.1) is 11.3 Å². The average molecular weight is 405 g/mol. The van der Waals surface area contributed by atoms with E-state index in [1.54, 1.807) is 23.4 Å². The molecular formula is C19H19N9O2. The third-order valence-corrected chi connectivity index (χ3v) is 5.03. The molecule has 0 saturated carbocycles. The van der Waals surface area contributed by atoms with Crippen LogP contribution in [0.4, 0.5) is 10.7 Å². The fourth-order valence-corrected chi connectivity index (χ4v) is 3.46. The van der Waals surface area contributed by atoms with Crippen LogP contribution in [0.2, 0.25) is 0 Å². The number of primary amides is 1. The number of nitrogens with two attached hydrogens (primary N) is 1. The molecule has 1 saturated heterocycles. The second kappa shape index (κ2) is 8.12. The van der Waals surface area contributed by atoms with Gasteiger partial charge in [0.15, 0.2) is 0 Å². The van der Waals surface area contributed by atoms with Crippen LogP contribution in [-0.2, 0) is 0 Å². The zero-order valence-corrected chi connectivity index (χ0v) is 16.0. The van der Waals surface area contributed by atoms with Crippen LogP contribution < -0.4 is 10.6 Å². The summed E-state index contributed by atoms with van der Waals surface area (Å²) >= 11 is 0. The average Bonchev–Trinajstić information content (AvgIpc) is 3.29. The number of nitriles is 1. The molecular weight excluding hydrogens is 386 g/mol. The molecule has 0 bridgehead atoms. The molecule has 0 unspecified atom stereocenters. The largest absolute Gasteiger partial charge is 0.364 e. The van der Waals surface area contributed by atoms with E-state index in [4.69, 9.17) is 11.0 Å². The summed E-state index contributed by atoms with van der Waals surface area (Å²) < 4.78 is 0. The molecule has 4 rings (SSSR count). The third kappa shape index (κ3) is 3.75. The van der Waals surface area contributed by atoms with Crippen LogP contribution in [0.25, 0.3) is 0 Å². The zero-order chi connectivity index (χ0) is 21.1. The lowest BCUT2D eigenvalue weighted by atomic mass is 10.1. The predicted octanol–water partition coefficient (Wildman–Crippen LogP) is 0.517. The Morgan fingerprint density at radius 1 is 1.20 bits per heavy atom. The van der Waals surface area contributed by atoms with Gasteiger partial charge in [-0.15, -0.1) is 0 Å². The Morgan fingerprint density at radius 3 is 2.73 bits per heavy atom. The molecule has 4 heterocycles. The number of carbonyl (C=O) groups is 2. The van der Waals surface area contributed by atoms with Crippen LogP contribution in [0.15, 0.2) is 35.8 Å². The molecule has 0 aliphatic carbocycles. The molecule has 2 N–H and O–H groups in total. The smallest absolute Gasteiger partial charge is 0.341 e. The number of hydrazone groups is 1. The van der Waals surface area contributed by atoms with Crippen LogP contribution in [0.1, 0.15) is 34.1 Å². The molecule has 0 spiro atoms. The van der Waals surface area contributed by atoms with Gasteiger partial charge in [0.05, 0.1) is 11.6 Å². The molecule has 152 valence electrons. The summed E-state index contributed by atoms with van der Waals surface area (Å²) in [6.07, 6.45) is 6.89. The Bertz CT molecular complexity index is 1040. The fourth-order valence-electron chi connectivity index (χ4n) is 3.46. The maximum atomic E-state index is 13.1. The second-order valence-electron chi connectivity index (χ2n) is 6.88. The Labute approximate surface area is 172 Å². The maximum absolute atomic E-state index is 13.1. The van der Waals surface area contributed by atoms with Crippen molar-refractivity contribution in [3.8, 4) is 6.07 Å². The Kier molecular flexibility index (Phi) is 5.21. The lowest BCUT2D eigenvalue weighted by Gasteiger charge is -2.37. The van der Waals surface area contributed by atoms with Crippen LogP contribution >= 0.6 is 0 Å². The third-order valence-electron chi connectivity index (χ3n) is 5.03. The van der Waals surface area contributed by atoms with Gasteiger partial charge in [0, 0.05) is 57.4 Å². The minimum atomic E-state index is -0.611. The molecule has 2 aliphatic heterocycles. The second-order valence-corrected chi connectivity index (χ2v) is 6.88. The zero-order valence-electron chi connectivity index (χ0n) is 16.0. The van der Waals surface area contributed by atoms with Crippen LogP contribution in [0.5, 0.6) is 0 Å². The van der Waals surface area contributed by atoms with Crippen molar-refractivity contribution >= 4 is 24.1 Å². The van der Waals surface area contributed by atoms with Gasteiger partial charge in [-0.3, -0.25) is 9.78 Å². The predicted molar refractivity (Wildman–Crippen MR) is 106 cm³/mol. The molecule has 30 heavy (non-hydrogen) atoms. The van der Waals surface area contributed by atoms with Gasteiger partial charge in [-0.1, -0.05) is 0 Å². The van der Waals surface area contributed by atoms with Crippen LogP contribution in [0.3, 0.4) is 0 Å². The van der Waals surface area contributed by atoms with Crippen molar-refractivity contribution in [3.05, 3.63) is 47.5 Å². The molecule has 2 aromatic heterocycles. The van der Waals surface area contributed by atoms with E-state index in [9.17, 15) is 9.59 Å². The number of aromatic nitrogens is 3. The van der Waals surface area contributed by atoms with Crippen molar-refractivity contribution in [3.63, 3.8) is 0 Å². The van der Waals surface area contributed by atoms with E-state index in [-0.39, 0.29) is 17.8 Å². The van der Waals surface area contributed by atoms with Crippen molar-refractivity contribution in [2.75, 3.05) is 31.1 Å². The lowest BCUT2D eigenvalue weighted by molar-refractivity contribution is 0.0995. The molecule has 0 radical (unpaired) electrons. The minimum absolute atomic E-state index is 0.154. The summed E-state index contributed by atoms with van der Waals surface area (Å²) in [6, 6.07) is 4.77. The Hall–Kier alpha value is -4.07. The molecule has 1 atom stereocenters. The highest BCUT2D eigenvalue weighted by molar-refractivity contribution is 5.90. The number of rotatable bonds is 3. The quantitative estimate of drug-likeness (QED) is 0.783. The van der Waals surface area contributed by atoms with Crippen molar-refractivity contribution in [1.29, 1.82) is 5.26 Å². The van der Waals surface area contributed by atoms with E-state index in [0.29, 0.717) is 44.1 Å². The number of amides is 3. The number of hydrogen-bond donors (Lipinski definition) is 1. The van der Waals surface area contributed by atoms with E-state index in [2.05, 4.69) is 26.1 Å². The molecule has 2 aromatic rings.